The van der Waals surface area contributed by atoms with Gasteiger partial charge >= 0.3 is 0 Å². The number of halogens is 1. The molecule has 0 saturated heterocycles. The highest BCUT2D eigenvalue weighted by Gasteiger charge is 2.13. The summed E-state index contributed by atoms with van der Waals surface area (Å²) in [5.41, 5.74) is 5.38. The molecular formula is C18H21BrO. The second-order valence-corrected chi connectivity index (χ2v) is 5.81. The minimum Gasteiger partial charge on any atom is -0.384 e. The summed E-state index contributed by atoms with van der Waals surface area (Å²) in [5, 5.41) is 0. The number of alkyl halides is 1. The molecule has 0 aromatic heterocycles. The monoisotopic (exact) mass is 332 g/mol. The summed E-state index contributed by atoms with van der Waals surface area (Å²) in [6, 6.07) is 17.4. The molecule has 0 aliphatic heterocycles. The SMILES string of the molecule is CCc1ccccc1C(Br)c1ccc(CCOC)cc1. The van der Waals surface area contributed by atoms with Crippen molar-refractivity contribution < 1.29 is 4.74 Å². The molecule has 0 radical (unpaired) electrons. The van der Waals surface area contributed by atoms with E-state index >= 15 is 0 Å². The van der Waals surface area contributed by atoms with Gasteiger partial charge < -0.3 is 4.74 Å². The number of aryl methyl sites for hydroxylation is 1. The molecule has 2 aromatic rings. The van der Waals surface area contributed by atoms with Crippen LogP contribution in [0, 0.1) is 0 Å². The van der Waals surface area contributed by atoms with Gasteiger partial charge in [0.1, 0.15) is 0 Å². The normalized spacial score (nSPS) is 12.3. The average Bonchev–Trinajstić information content (AvgIpc) is 2.52. The average molecular weight is 333 g/mol. The minimum absolute atomic E-state index is 0.259. The van der Waals surface area contributed by atoms with E-state index in [0.717, 1.165) is 19.4 Å². The molecule has 2 rings (SSSR count). The van der Waals surface area contributed by atoms with Gasteiger partial charge in [-0.15, -0.1) is 0 Å². The van der Waals surface area contributed by atoms with Crippen molar-refractivity contribution in [3.8, 4) is 0 Å². The third-order valence-corrected chi connectivity index (χ3v) is 4.60. The Kier molecular flexibility index (Phi) is 5.81. The van der Waals surface area contributed by atoms with Gasteiger partial charge in [-0.3, -0.25) is 0 Å². The first-order chi connectivity index (χ1) is 9.76. The fraction of sp³-hybridized carbons (Fsp3) is 0.333. The zero-order valence-electron chi connectivity index (χ0n) is 12.1. The molecule has 0 heterocycles. The smallest absolute Gasteiger partial charge is 0.0647 e. The largest absolute Gasteiger partial charge is 0.384 e. The van der Waals surface area contributed by atoms with Crippen LogP contribution in [0.3, 0.4) is 0 Å². The van der Waals surface area contributed by atoms with E-state index in [1.165, 1.54) is 22.3 Å². The quantitative estimate of drug-likeness (QED) is 0.682. The number of rotatable bonds is 6. The van der Waals surface area contributed by atoms with Gasteiger partial charge in [-0.1, -0.05) is 71.4 Å². The van der Waals surface area contributed by atoms with E-state index in [9.17, 15) is 0 Å². The summed E-state index contributed by atoms with van der Waals surface area (Å²) >= 11 is 3.84. The maximum Gasteiger partial charge on any atom is 0.0647 e. The molecule has 0 aliphatic rings. The van der Waals surface area contributed by atoms with Crippen molar-refractivity contribution in [3.63, 3.8) is 0 Å². The van der Waals surface area contributed by atoms with Crippen LogP contribution in [0.2, 0.25) is 0 Å². The summed E-state index contributed by atoms with van der Waals surface area (Å²) in [5.74, 6) is 0. The lowest BCUT2D eigenvalue weighted by Crippen LogP contribution is -1.99. The van der Waals surface area contributed by atoms with Crippen LogP contribution in [0.5, 0.6) is 0 Å². The van der Waals surface area contributed by atoms with Crippen LogP contribution in [0.25, 0.3) is 0 Å². The second-order valence-electron chi connectivity index (χ2n) is 4.90. The Bertz CT molecular complexity index is 533. The first-order valence-electron chi connectivity index (χ1n) is 7.06. The fourth-order valence-corrected chi connectivity index (χ4v) is 3.11. The van der Waals surface area contributed by atoms with Gasteiger partial charge in [0.2, 0.25) is 0 Å². The number of hydrogen-bond acceptors (Lipinski definition) is 1. The van der Waals surface area contributed by atoms with E-state index in [0.29, 0.717) is 0 Å². The Morgan fingerprint density at radius 3 is 2.40 bits per heavy atom. The molecule has 0 spiro atoms. The standard InChI is InChI=1S/C18H21BrO/c1-3-15-6-4-5-7-17(15)18(19)16-10-8-14(9-11-16)12-13-20-2/h4-11,18H,3,12-13H2,1-2H3. The summed E-state index contributed by atoms with van der Waals surface area (Å²) in [7, 11) is 1.74. The van der Waals surface area contributed by atoms with Crippen LogP contribution in [0.1, 0.15) is 34.0 Å². The summed E-state index contributed by atoms with van der Waals surface area (Å²) in [6.07, 6.45) is 2.03. The van der Waals surface area contributed by atoms with E-state index in [-0.39, 0.29) is 4.83 Å². The second kappa shape index (κ2) is 7.61. The molecular weight excluding hydrogens is 312 g/mol. The van der Waals surface area contributed by atoms with Gasteiger partial charge in [0.15, 0.2) is 0 Å². The van der Waals surface area contributed by atoms with E-state index in [2.05, 4.69) is 71.4 Å². The Balaban J connectivity index is 2.18. The Hall–Kier alpha value is -1.12. The van der Waals surface area contributed by atoms with E-state index < -0.39 is 0 Å². The van der Waals surface area contributed by atoms with Gasteiger partial charge in [0, 0.05) is 7.11 Å². The van der Waals surface area contributed by atoms with Crippen molar-refractivity contribution in [3.05, 3.63) is 70.8 Å². The predicted molar refractivity (Wildman–Crippen MR) is 88.6 cm³/mol. The van der Waals surface area contributed by atoms with Crippen LogP contribution in [0.4, 0.5) is 0 Å². The van der Waals surface area contributed by atoms with Crippen molar-refractivity contribution in [1.29, 1.82) is 0 Å². The van der Waals surface area contributed by atoms with E-state index in [1.807, 2.05) is 0 Å². The highest BCUT2D eigenvalue weighted by molar-refractivity contribution is 9.09. The van der Waals surface area contributed by atoms with Crippen molar-refractivity contribution in [2.24, 2.45) is 0 Å². The highest BCUT2D eigenvalue weighted by Crippen LogP contribution is 2.33. The predicted octanol–water partition coefficient (Wildman–Crippen LogP) is 4.92. The van der Waals surface area contributed by atoms with Gasteiger partial charge in [-0.2, -0.15) is 0 Å². The molecule has 1 unspecified atom stereocenters. The molecule has 2 heteroatoms. The summed E-state index contributed by atoms with van der Waals surface area (Å²) in [4.78, 5) is 0.259. The third-order valence-electron chi connectivity index (χ3n) is 3.58. The van der Waals surface area contributed by atoms with Crippen molar-refractivity contribution in [2.75, 3.05) is 13.7 Å². The van der Waals surface area contributed by atoms with Gasteiger partial charge in [-0.05, 0) is 35.1 Å². The molecule has 0 fully saturated rings. The Morgan fingerprint density at radius 2 is 1.75 bits per heavy atom. The molecule has 0 saturated carbocycles. The zero-order valence-corrected chi connectivity index (χ0v) is 13.7. The molecule has 0 amide bonds. The first kappa shape index (κ1) is 15.3. The Labute approximate surface area is 130 Å². The molecule has 1 atom stereocenters. The van der Waals surface area contributed by atoms with Gasteiger partial charge in [0.25, 0.3) is 0 Å². The summed E-state index contributed by atoms with van der Waals surface area (Å²) in [6.45, 7) is 2.97. The molecule has 2 aromatic carbocycles. The minimum atomic E-state index is 0.259. The maximum absolute atomic E-state index is 5.11. The van der Waals surface area contributed by atoms with Crippen LogP contribution in [-0.2, 0) is 17.6 Å². The van der Waals surface area contributed by atoms with Crippen LogP contribution in [-0.4, -0.2) is 13.7 Å². The van der Waals surface area contributed by atoms with Crippen LogP contribution < -0.4 is 0 Å². The maximum atomic E-state index is 5.11. The molecule has 1 nitrogen and oxygen atoms in total. The fourth-order valence-electron chi connectivity index (χ4n) is 2.36. The molecule has 0 aliphatic carbocycles. The molecule has 20 heavy (non-hydrogen) atoms. The van der Waals surface area contributed by atoms with Crippen molar-refractivity contribution in [2.45, 2.75) is 24.6 Å². The molecule has 106 valence electrons. The van der Waals surface area contributed by atoms with Gasteiger partial charge in [-0.25, -0.2) is 0 Å². The molecule has 0 N–H and O–H groups in total. The van der Waals surface area contributed by atoms with E-state index in [1.54, 1.807) is 7.11 Å². The first-order valence-corrected chi connectivity index (χ1v) is 7.97. The van der Waals surface area contributed by atoms with Crippen LogP contribution >= 0.6 is 15.9 Å². The Morgan fingerprint density at radius 1 is 1.05 bits per heavy atom. The number of hydrogen-bond donors (Lipinski definition) is 0. The zero-order chi connectivity index (χ0) is 14.4. The lowest BCUT2D eigenvalue weighted by atomic mass is 9.97. The van der Waals surface area contributed by atoms with Gasteiger partial charge in [0.05, 0.1) is 11.4 Å². The van der Waals surface area contributed by atoms with E-state index in [4.69, 9.17) is 4.74 Å². The lowest BCUT2D eigenvalue weighted by Gasteiger charge is -2.15. The third kappa shape index (κ3) is 3.71. The van der Waals surface area contributed by atoms with Crippen molar-refractivity contribution in [1.82, 2.24) is 0 Å². The summed E-state index contributed by atoms with van der Waals surface area (Å²) < 4.78 is 5.11. The highest BCUT2D eigenvalue weighted by atomic mass is 79.9. The molecule has 0 bridgehead atoms. The number of ether oxygens (including phenoxy) is 1. The number of methoxy groups -OCH3 is 1. The topological polar surface area (TPSA) is 9.23 Å². The number of benzene rings is 2. The van der Waals surface area contributed by atoms with Crippen molar-refractivity contribution >= 4 is 15.9 Å². The van der Waals surface area contributed by atoms with Crippen LogP contribution in [0.15, 0.2) is 48.5 Å². The lowest BCUT2D eigenvalue weighted by molar-refractivity contribution is 0.202.